The van der Waals surface area contributed by atoms with E-state index in [1.54, 1.807) is 18.4 Å². The third kappa shape index (κ3) is 3.30. The van der Waals surface area contributed by atoms with E-state index in [0.29, 0.717) is 4.88 Å². The summed E-state index contributed by atoms with van der Waals surface area (Å²) in [5.74, 6) is -2.95. The van der Waals surface area contributed by atoms with Gasteiger partial charge < -0.3 is 10.1 Å². The van der Waals surface area contributed by atoms with Crippen LogP contribution in [-0.4, -0.2) is 19.0 Å². The molecule has 22 heavy (non-hydrogen) atoms. The topological polar surface area (TPSA) is 55.4 Å². The first-order valence-corrected chi connectivity index (χ1v) is 7.19. The zero-order valence-electron chi connectivity index (χ0n) is 11.9. The first-order chi connectivity index (χ1) is 10.4. The van der Waals surface area contributed by atoms with Gasteiger partial charge in [-0.3, -0.25) is 4.79 Å². The third-order valence-corrected chi connectivity index (χ3v) is 4.06. The summed E-state index contributed by atoms with van der Waals surface area (Å²) in [6.07, 6.45) is 0. The molecular weight excluding hydrogens is 312 g/mol. The van der Waals surface area contributed by atoms with Crippen molar-refractivity contribution in [3.05, 3.63) is 57.3 Å². The second-order valence-electron chi connectivity index (χ2n) is 4.53. The van der Waals surface area contributed by atoms with Crippen molar-refractivity contribution < 1.29 is 23.1 Å². The molecule has 116 valence electrons. The van der Waals surface area contributed by atoms with Gasteiger partial charge in [0.25, 0.3) is 5.91 Å². The Morgan fingerprint density at radius 3 is 2.59 bits per heavy atom. The van der Waals surface area contributed by atoms with Crippen molar-refractivity contribution in [2.45, 2.75) is 13.0 Å². The monoisotopic (exact) mass is 325 g/mol. The van der Waals surface area contributed by atoms with E-state index in [9.17, 15) is 18.4 Å². The maximum atomic E-state index is 13.9. The lowest BCUT2D eigenvalue weighted by molar-refractivity contribution is -0.143. The van der Waals surface area contributed by atoms with E-state index in [2.05, 4.69) is 10.1 Å². The zero-order chi connectivity index (χ0) is 16.3. The van der Waals surface area contributed by atoms with E-state index in [0.717, 1.165) is 30.9 Å². The second-order valence-corrected chi connectivity index (χ2v) is 5.44. The molecule has 0 fully saturated rings. The summed E-state index contributed by atoms with van der Waals surface area (Å²) in [5, 5.41) is 4.11. The first-order valence-electron chi connectivity index (χ1n) is 6.31. The van der Waals surface area contributed by atoms with Crippen molar-refractivity contribution in [3.8, 4) is 0 Å². The Balaban J connectivity index is 2.35. The summed E-state index contributed by atoms with van der Waals surface area (Å²) in [6.45, 7) is 1.74. The number of carbonyl (C=O) groups excluding carboxylic acids is 2. The van der Waals surface area contributed by atoms with Gasteiger partial charge in [0.05, 0.1) is 12.0 Å². The highest BCUT2D eigenvalue weighted by Crippen LogP contribution is 2.22. The Morgan fingerprint density at radius 1 is 1.27 bits per heavy atom. The number of methoxy groups -OCH3 is 1. The Hall–Kier alpha value is -2.28. The van der Waals surface area contributed by atoms with Gasteiger partial charge >= 0.3 is 5.97 Å². The first kappa shape index (κ1) is 16.1. The van der Waals surface area contributed by atoms with Crippen molar-refractivity contribution in [2.75, 3.05) is 7.11 Å². The lowest BCUT2D eigenvalue weighted by Crippen LogP contribution is -2.35. The molecule has 1 aromatic heterocycles. The smallest absolute Gasteiger partial charge is 0.333 e. The maximum absolute atomic E-state index is 13.9. The molecule has 4 nitrogen and oxygen atoms in total. The van der Waals surface area contributed by atoms with Crippen LogP contribution in [0.5, 0.6) is 0 Å². The van der Waals surface area contributed by atoms with Gasteiger partial charge in [0.1, 0.15) is 11.6 Å². The molecule has 0 saturated heterocycles. The average Bonchev–Trinajstić information content (AvgIpc) is 2.92. The Bertz CT molecular complexity index is 715. The zero-order valence-corrected chi connectivity index (χ0v) is 12.7. The molecule has 1 amide bonds. The number of hydrogen-bond donors (Lipinski definition) is 1. The number of benzene rings is 1. The van der Waals surface area contributed by atoms with Crippen LogP contribution in [0.4, 0.5) is 8.78 Å². The molecule has 1 unspecified atom stereocenters. The van der Waals surface area contributed by atoms with Gasteiger partial charge in [-0.2, -0.15) is 0 Å². The number of halogens is 2. The highest BCUT2D eigenvalue weighted by molar-refractivity contribution is 7.12. The molecule has 0 bridgehead atoms. The molecule has 1 heterocycles. The van der Waals surface area contributed by atoms with Gasteiger partial charge in [-0.1, -0.05) is 0 Å². The van der Waals surface area contributed by atoms with Gasteiger partial charge in [0.15, 0.2) is 6.04 Å². The summed E-state index contributed by atoms with van der Waals surface area (Å²) in [7, 11) is 1.11. The molecular formula is C15H13F2NO3S. The molecule has 0 aliphatic heterocycles. The fraction of sp³-hybridized carbons (Fsp3) is 0.200. The molecule has 1 aromatic carbocycles. The van der Waals surface area contributed by atoms with Gasteiger partial charge in [0.2, 0.25) is 0 Å². The fourth-order valence-electron chi connectivity index (χ4n) is 1.92. The Labute approximate surface area is 129 Å². The van der Waals surface area contributed by atoms with Crippen LogP contribution in [0, 0.1) is 18.6 Å². The van der Waals surface area contributed by atoms with Crippen LogP contribution in [0.1, 0.15) is 26.8 Å². The Morgan fingerprint density at radius 2 is 2.00 bits per heavy atom. The number of rotatable bonds is 4. The molecule has 2 aromatic rings. The SMILES string of the molecule is COC(=O)C(NC(=O)c1sccc1C)c1cc(F)ccc1F. The molecule has 7 heteroatoms. The highest BCUT2D eigenvalue weighted by atomic mass is 32.1. The minimum atomic E-state index is -1.42. The lowest BCUT2D eigenvalue weighted by Gasteiger charge is -2.17. The number of amides is 1. The van der Waals surface area contributed by atoms with Crippen molar-refractivity contribution in [1.29, 1.82) is 0 Å². The minimum absolute atomic E-state index is 0.283. The molecule has 0 aliphatic carbocycles. The molecule has 0 saturated carbocycles. The molecule has 2 rings (SSSR count). The Kier molecular flexibility index (Phi) is 4.87. The minimum Gasteiger partial charge on any atom is -0.467 e. The highest BCUT2D eigenvalue weighted by Gasteiger charge is 2.28. The summed E-state index contributed by atoms with van der Waals surface area (Å²) in [4.78, 5) is 24.4. The maximum Gasteiger partial charge on any atom is 0.333 e. The summed E-state index contributed by atoms with van der Waals surface area (Å²) < 4.78 is 31.8. The number of hydrogen-bond acceptors (Lipinski definition) is 4. The largest absolute Gasteiger partial charge is 0.467 e. The quantitative estimate of drug-likeness (QED) is 0.879. The summed E-state index contributed by atoms with van der Waals surface area (Å²) >= 11 is 1.19. The number of aryl methyl sites for hydroxylation is 1. The predicted octanol–water partition coefficient (Wildman–Crippen LogP) is 2.98. The predicted molar refractivity (Wildman–Crippen MR) is 77.6 cm³/mol. The van der Waals surface area contributed by atoms with Crippen molar-refractivity contribution in [3.63, 3.8) is 0 Å². The summed E-state index contributed by atoms with van der Waals surface area (Å²) in [6, 6.07) is 3.00. The van der Waals surface area contributed by atoms with Crippen LogP contribution < -0.4 is 5.32 Å². The van der Waals surface area contributed by atoms with Crippen LogP contribution in [0.25, 0.3) is 0 Å². The standard InChI is InChI=1S/C15H13F2NO3S/c1-8-5-6-22-13(8)14(19)18-12(15(20)21-2)10-7-9(16)3-4-11(10)17/h3-7,12H,1-2H3,(H,18,19). The van der Waals surface area contributed by atoms with Gasteiger partial charge in [0, 0.05) is 5.56 Å². The number of esters is 1. The molecule has 1 atom stereocenters. The van der Waals surface area contributed by atoms with Gasteiger partial charge in [-0.25, -0.2) is 13.6 Å². The van der Waals surface area contributed by atoms with Crippen molar-refractivity contribution in [2.24, 2.45) is 0 Å². The van der Waals surface area contributed by atoms with Gasteiger partial charge in [-0.15, -0.1) is 11.3 Å². The second kappa shape index (κ2) is 6.65. The van der Waals surface area contributed by atoms with Crippen LogP contribution >= 0.6 is 11.3 Å². The average molecular weight is 325 g/mol. The molecule has 0 spiro atoms. The van der Waals surface area contributed by atoms with E-state index in [-0.39, 0.29) is 5.56 Å². The normalized spacial score (nSPS) is 11.8. The number of carbonyl (C=O) groups is 2. The van der Waals surface area contributed by atoms with Gasteiger partial charge in [-0.05, 0) is 42.1 Å². The molecule has 1 N–H and O–H groups in total. The number of ether oxygens (including phenoxy) is 1. The third-order valence-electron chi connectivity index (χ3n) is 3.05. The van der Waals surface area contributed by atoms with Crippen LogP contribution in [0.15, 0.2) is 29.6 Å². The number of nitrogens with one attached hydrogen (secondary N) is 1. The number of thiophene rings is 1. The van der Waals surface area contributed by atoms with E-state index in [1.165, 1.54) is 11.3 Å². The fourth-order valence-corrected chi connectivity index (χ4v) is 2.75. The van der Waals surface area contributed by atoms with Crippen molar-refractivity contribution in [1.82, 2.24) is 5.32 Å². The molecule has 0 radical (unpaired) electrons. The van der Waals surface area contributed by atoms with Crippen LogP contribution in [-0.2, 0) is 9.53 Å². The lowest BCUT2D eigenvalue weighted by atomic mass is 10.1. The van der Waals surface area contributed by atoms with E-state index in [4.69, 9.17) is 0 Å². The van der Waals surface area contributed by atoms with E-state index < -0.39 is 29.6 Å². The summed E-state index contributed by atoms with van der Waals surface area (Å²) in [5.41, 5.74) is 0.445. The van der Waals surface area contributed by atoms with E-state index >= 15 is 0 Å². The van der Waals surface area contributed by atoms with E-state index in [1.807, 2.05) is 0 Å². The van der Waals surface area contributed by atoms with Crippen molar-refractivity contribution >= 4 is 23.2 Å². The van der Waals surface area contributed by atoms with Crippen LogP contribution in [0.2, 0.25) is 0 Å². The van der Waals surface area contributed by atoms with Crippen LogP contribution in [0.3, 0.4) is 0 Å². The molecule has 0 aliphatic rings.